The molecular formula is C16H15FN4OS2. The van der Waals surface area contributed by atoms with Gasteiger partial charge in [0.05, 0.1) is 5.69 Å². The number of hydrogen-bond donors (Lipinski definition) is 1. The average molecular weight is 362 g/mol. The molecule has 8 heteroatoms. The molecule has 5 nitrogen and oxygen atoms in total. The molecule has 1 N–H and O–H groups in total. The predicted molar refractivity (Wildman–Crippen MR) is 92.3 cm³/mol. The Kier molecular flexibility index (Phi) is 4.48. The van der Waals surface area contributed by atoms with Gasteiger partial charge in [0, 0.05) is 23.4 Å². The van der Waals surface area contributed by atoms with Crippen LogP contribution < -0.4 is 5.32 Å². The largest absolute Gasteiger partial charge is 0.361 e. The molecule has 1 aliphatic rings. The number of nitrogens with zero attached hydrogens (tertiary/aromatic N) is 3. The Bertz CT molecular complexity index is 848. The lowest BCUT2D eigenvalue weighted by molar-refractivity contribution is 0.369. The van der Waals surface area contributed by atoms with Gasteiger partial charge in [0.1, 0.15) is 11.6 Å². The molecule has 0 fully saturated rings. The summed E-state index contributed by atoms with van der Waals surface area (Å²) in [6, 6.07) is 6.28. The van der Waals surface area contributed by atoms with E-state index < -0.39 is 0 Å². The summed E-state index contributed by atoms with van der Waals surface area (Å²) in [5.74, 6) is 1.49. The number of thioether (sulfide) groups is 1. The van der Waals surface area contributed by atoms with Crippen LogP contribution in [0.3, 0.4) is 0 Å². The van der Waals surface area contributed by atoms with Crippen molar-refractivity contribution in [1.29, 1.82) is 0 Å². The fourth-order valence-corrected chi connectivity index (χ4v) is 4.43. The summed E-state index contributed by atoms with van der Waals surface area (Å²) in [5.41, 5.74) is 2.95. The molecule has 24 heavy (non-hydrogen) atoms. The molecule has 0 aliphatic heterocycles. The van der Waals surface area contributed by atoms with Crippen molar-refractivity contribution in [3.8, 4) is 0 Å². The lowest BCUT2D eigenvalue weighted by atomic mass is 9.97. The van der Waals surface area contributed by atoms with Crippen LogP contribution in [0.5, 0.6) is 0 Å². The first kappa shape index (κ1) is 15.6. The zero-order valence-electron chi connectivity index (χ0n) is 12.8. The number of anilines is 2. The van der Waals surface area contributed by atoms with Gasteiger partial charge in [0.15, 0.2) is 4.34 Å². The van der Waals surface area contributed by atoms with Crippen molar-refractivity contribution >= 4 is 33.9 Å². The summed E-state index contributed by atoms with van der Waals surface area (Å²) in [6.45, 7) is 0. The van der Waals surface area contributed by atoms with E-state index in [0.717, 1.165) is 34.4 Å². The molecule has 0 atom stereocenters. The molecule has 0 unspecified atom stereocenters. The second kappa shape index (κ2) is 6.90. The molecule has 0 amide bonds. The lowest BCUT2D eigenvalue weighted by Crippen LogP contribution is -2.01. The van der Waals surface area contributed by atoms with E-state index >= 15 is 0 Å². The van der Waals surface area contributed by atoms with Gasteiger partial charge in [-0.05, 0) is 37.5 Å². The summed E-state index contributed by atoms with van der Waals surface area (Å²) in [4.78, 5) is 0. The van der Waals surface area contributed by atoms with E-state index in [1.807, 2.05) is 0 Å². The van der Waals surface area contributed by atoms with Gasteiger partial charge in [0.2, 0.25) is 5.13 Å². The van der Waals surface area contributed by atoms with E-state index in [2.05, 4.69) is 20.7 Å². The summed E-state index contributed by atoms with van der Waals surface area (Å²) in [7, 11) is 0. The molecule has 2 aromatic heterocycles. The normalized spacial score (nSPS) is 13.7. The quantitative estimate of drug-likeness (QED) is 0.670. The van der Waals surface area contributed by atoms with Crippen LogP contribution in [0.2, 0.25) is 0 Å². The summed E-state index contributed by atoms with van der Waals surface area (Å²) < 4.78 is 19.5. The topological polar surface area (TPSA) is 63.8 Å². The highest BCUT2D eigenvalue weighted by atomic mass is 32.2. The third-order valence-electron chi connectivity index (χ3n) is 3.85. The Morgan fingerprint density at radius 3 is 3.08 bits per heavy atom. The van der Waals surface area contributed by atoms with Crippen molar-refractivity contribution in [3.05, 3.63) is 47.1 Å². The van der Waals surface area contributed by atoms with Gasteiger partial charge in [-0.2, -0.15) is 0 Å². The minimum absolute atomic E-state index is 0.282. The summed E-state index contributed by atoms with van der Waals surface area (Å²) >= 11 is 3.04. The SMILES string of the molecule is Fc1cccc(Nc2nnc(SCc3noc4c3CCCC4)s2)c1. The number of rotatable bonds is 5. The van der Waals surface area contributed by atoms with Gasteiger partial charge in [-0.3, -0.25) is 0 Å². The zero-order chi connectivity index (χ0) is 16.4. The highest BCUT2D eigenvalue weighted by Gasteiger charge is 2.19. The van der Waals surface area contributed by atoms with Crippen LogP contribution in [0.1, 0.15) is 29.9 Å². The molecule has 124 valence electrons. The van der Waals surface area contributed by atoms with Gasteiger partial charge in [-0.15, -0.1) is 10.2 Å². The number of aromatic nitrogens is 3. The zero-order valence-corrected chi connectivity index (χ0v) is 14.4. The van der Waals surface area contributed by atoms with Crippen molar-refractivity contribution in [2.45, 2.75) is 35.8 Å². The Hall–Kier alpha value is -1.93. The van der Waals surface area contributed by atoms with Crippen LogP contribution >= 0.6 is 23.1 Å². The molecule has 0 saturated heterocycles. The maximum atomic E-state index is 13.2. The van der Waals surface area contributed by atoms with Crippen molar-refractivity contribution in [1.82, 2.24) is 15.4 Å². The summed E-state index contributed by atoms with van der Waals surface area (Å²) in [6.07, 6.45) is 4.43. The van der Waals surface area contributed by atoms with Gasteiger partial charge >= 0.3 is 0 Å². The van der Waals surface area contributed by atoms with E-state index in [4.69, 9.17) is 4.52 Å². The number of fused-ring (bicyclic) bond motifs is 1. The van der Waals surface area contributed by atoms with Crippen molar-refractivity contribution < 1.29 is 8.91 Å². The maximum absolute atomic E-state index is 13.2. The fraction of sp³-hybridized carbons (Fsp3) is 0.312. The third kappa shape index (κ3) is 3.44. The molecule has 1 aliphatic carbocycles. The number of halogens is 1. The van der Waals surface area contributed by atoms with Gasteiger partial charge in [-0.25, -0.2) is 4.39 Å². The molecule has 0 spiro atoms. The van der Waals surface area contributed by atoms with E-state index in [-0.39, 0.29) is 5.82 Å². The number of nitrogens with one attached hydrogen (secondary N) is 1. The fourth-order valence-electron chi connectivity index (χ4n) is 2.70. The minimum atomic E-state index is -0.282. The van der Waals surface area contributed by atoms with Gasteiger partial charge in [-0.1, -0.05) is 34.3 Å². The number of benzene rings is 1. The molecule has 4 rings (SSSR count). The molecule has 0 radical (unpaired) electrons. The lowest BCUT2D eigenvalue weighted by Gasteiger charge is -2.08. The van der Waals surface area contributed by atoms with Crippen LogP contribution in [0.25, 0.3) is 0 Å². The van der Waals surface area contributed by atoms with E-state index in [1.54, 1.807) is 23.9 Å². The van der Waals surface area contributed by atoms with Gasteiger partial charge in [0.25, 0.3) is 0 Å². The maximum Gasteiger partial charge on any atom is 0.210 e. The standard InChI is InChI=1S/C16H15FN4OS2/c17-10-4-3-5-11(8-10)18-15-19-20-16(24-15)23-9-13-12-6-1-2-7-14(12)22-21-13/h3-5,8H,1-2,6-7,9H2,(H,18,19). The highest BCUT2D eigenvalue weighted by Crippen LogP contribution is 2.32. The number of hydrogen-bond acceptors (Lipinski definition) is 7. The van der Waals surface area contributed by atoms with Crippen LogP contribution in [0, 0.1) is 5.82 Å². The number of aryl methyl sites for hydroxylation is 1. The Morgan fingerprint density at radius 1 is 1.25 bits per heavy atom. The van der Waals surface area contributed by atoms with Crippen molar-refractivity contribution in [2.75, 3.05) is 5.32 Å². The second-order valence-electron chi connectivity index (χ2n) is 5.54. The van der Waals surface area contributed by atoms with Crippen LogP contribution in [0.4, 0.5) is 15.2 Å². The summed E-state index contributed by atoms with van der Waals surface area (Å²) in [5, 5.41) is 16.2. The van der Waals surface area contributed by atoms with E-state index in [1.165, 1.54) is 41.9 Å². The Morgan fingerprint density at radius 2 is 2.17 bits per heavy atom. The Labute approximate surface area is 146 Å². The van der Waals surface area contributed by atoms with Gasteiger partial charge < -0.3 is 9.84 Å². The first-order valence-corrected chi connectivity index (χ1v) is 9.53. The Balaban J connectivity index is 1.39. The van der Waals surface area contributed by atoms with E-state index in [0.29, 0.717) is 10.8 Å². The minimum Gasteiger partial charge on any atom is -0.361 e. The van der Waals surface area contributed by atoms with E-state index in [9.17, 15) is 4.39 Å². The molecule has 1 aromatic carbocycles. The molecular weight excluding hydrogens is 347 g/mol. The third-order valence-corrected chi connectivity index (χ3v) is 5.83. The van der Waals surface area contributed by atoms with Crippen molar-refractivity contribution in [3.63, 3.8) is 0 Å². The first-order chi connectivity index (χ1) is 11.8. The molecule has 3 aromatic rings. The van der Waals surface area contributed by atoms with Crippen LogP contribution in [-0.2, 0) is 18.6 Å². The first-order valence-electron chi connectivity index (χ1n) is 7.73. The smallest absolute Gasteiger partial charge is 0.210 e. The monoisotopic (exact) mass is 362 g/mol. The van der Waals surface area contributed by atoms with Crippen LogP contribution in [0.15, 0.2) is 33.1 Å². The molecule has 2 heterocycles. The average Bonchev–Trinajstić information content (AvgIpc) is 3.20. The molecule has 0 saturated carbocycles. The molecule has 0 bridgehead atoms. The second-order valence-corrected chi connectivity index (χ2v) is 7.74. The predicted octanol–water partition coefficient (Wildman–Crippen LogP) is 4.58. The van der Waals surface area contributed by atoms with Crippen LogP contribution in [-0.4, -0.2) is 15.4 Å². The van der Waals surface area contributed by atoms with Crippen molar-refractivity contribution in [2.24, 2.45) is 0 Å². The highest BCUT2D eigenvalue weighted by molar-refractivity contribution is 8.00.